The Balaban J connectivity index is 1.80. The van der Waals surface area contributed by atoms with Crippen molar-refractivity contribution in [1.82, 2.24) is 0 Å². The Labute approximate surface area is 191 Å². The first-order valence-corrected chi connectivity index (χ1v) is 11.6. The van der Waals surface area contributed by atoms with Crippen molar-refractivity contribution in [1.29, 1.82) is 0 Å². The van der Waals surface area contributed by atoms with Gasteiger partial charge in [-0.05, 0) is 61.8 Å². The molecular formula is C26H38O6. The zero-order valence-corrected chi connectivity index (χ0v) is 20.3. The van der Waals surface area contributed by atoms with Gasteiger partial charge in [-0.1, -0.05) is 45.0 Å². The topological polar surface area (TPSA) is 71.1 Å². The first kappa shape index (κ1) is 24.7. The van der Waals surface area contributed by atoms with E-state index in [4.69, 9.17) is 18.9 Å². The fourth-order valence-electron chi connectivity index (χ4n) is 5.00. The maximum absolute atomic E-state index is 13.5. The van der Waals surface area contributed by atoms with Crippen molar-refractivity contribution in [2.45, 2.75) is 85.7 Å². The molecule has 1 saturated heterocycles. The van der Waals surface area contributed by atoms with Gasteiger partial charge >= 0.3 is 5.97 Å². The van der Waals surface area contributed by atoms with Gasteiger partial charge in [-0.2, -0.15) is 0 Å². The standard InChI is InChI=1S/C26H38O6/c1-24(2,3)20-11-13-21(14-12-20)26(6,23(28)32-25(4,5)31-16-27)15-18-7-9-19(10-8-18)22-29-17-30-22/h7-10,16,20-22H,11-15,17H2,1-6H3. The van der Waals surface area contributed by atoms with E-state index in [0.29, 0.717) is 25.6 Å². The molecule has 1 heterocycles. The molecule has 1 aromatic rings. The number of benzene rings is 1. The lowest BCUT2D eigenvalue weighted by Crippen LogP contribution is -2.45. The molecule has 2 fully saturated rings. The Kier molecular flexibility index (Phi) is 7.35. The summed E-state index contributed by atoms with van der Waals surface area (Å²) in [5, 5.41) is 0. The SMILES string of the molecule is CC(C)(OC=O)OC(=O)C(C)(Cc1ccc(C2OCO2)cc1)C1CCC(C(C)(C)C)CC1. The van der Waals surface area contributed by atoms with E-state index in [-0.39, 0.29) is 23.6 Å². The molecule has 0 N–H and O–H groups in total. The van der Waals surface area contributed by atoms with Crippen molar-refractivity contribution in [3.05, 3.63) is 35.4 Å². The summed E-state index contributed by atoms with van der Waals surface area (Å²) in [4.78, 5) is 24.4. The first-order valence-electron chi connectivity index (χ1n) is 11.6. The minimum absolute atomic E-state index is 0.193. The molecule has 3 rings (SSSR count). The van der Waals surface area contributed by atoms with Crippen molar-refractivity contribution < 1.29 is 28.5 Å². The molecule has 2 aliphatic rings. The lowest BCUT2D eigenvalue weighted by molar-refractivity contribution is -0.326. The zero-order valence-electron chi connectivity index (χ0n) is 20.3. The molecular weight excluding hydrogens is 408 g/mol. The average molecular weight is 447 g/mol. The summed E-state index contributed by atoms with van der Waals surface area (Å²) in [7, 11) is 0. The van der Waals surface area contributed by atoms with Crippen molar-refractivity contribution in [3.63, 3.8) is 0 Å². The summed E-state index contributed by atoms with van der Waals surface area (Å²) in [5.74, 6) is -0.779. The zero-order chi connectivity index (χ0) is 23.6. The highest BCUT2D eigenvalue weighted by molar-refractivity contribution is 5.77. The summed E-state index contributed by atoms with van der Waals surface area (Å²) in [6.07, 6.45) is 4.41. The highest BCUT2D eigenvalue weighted by Gasteiger charge is 2.47. The Morgan fingerprint density at radius 3 is 2.00 bits per heavy atom. The van der Waals surface area contributed by atoms with Gasteiger partial charge in [-0.3, -0.25) is 9.59 Å². The summed E-state index contributed by atoms with van der Waals surface area (Å²) in [6, 6.07) is 8.03. The molecule has 1 aromatic carbocycles. The third kappa shape index (κ3) is 5.70. The van der Waals surface area contributed by atoms with Gasteiger partial charge in [0, 0.05) is 19.4 Å². The predicted molar refractivity (Wildman–Crippen MR) is 120 cm³/mol. The van der Waals surface area contributed by atoms with Crippen LogP contribution in [0.2, 0.25) is 0 Å². The van der Waals surface area contributed by atoms with Gasteiger partial charge in [0.25, 0.3) is 12.3 Å². The van der Waals surface area contributed by atoms with Crippen molar-refractivity contribution in [3.8, 4) is 0 Å². The van der Waals surface area contributed by atoms with E-state index in [0.717, 1.165) is 36.8 Å². The molecule has 1 atom stereocenters. The predicted octanol–water partition coefficient (Wildman–Crippen LogP) is 5.54. The highest BCUT2D eigenvalue weighted by Crippen LogP contribution is 2.47. The molecule has 32 heavy (non-hydrogen) atoms. The summed E-state index contributed by atoms with van der Waals surface area (Å²) in [6.45, 7) is 12.7. The second-order valence-corrected chi connectivity index (χ2v) is 11.0. The Hall–Kier alpha value is -1.92. The van der Waals surface area contributed by atoms with Gasteiger partial charge in [-0.15, -0.1) is 0 Å². The second kappa shape index (κ2) is 9.52. The lowest BCUT2D eigenvalue weighted by atomic mass is 9.62. The van der Waals surface area contributed by atoms with E-state index < -0.39 is 11.2 Å². The monoisotopic (exact) mass is 446 g/mol. The lowest BCUT2D eigenvalue weighted by Gasteiger charge is -2.44. The second-order valence-electron chi connectivity index (χ2n) is 11.0. The van der Waals surface area contributed by atoms with Crippen LogP contribution in [0.25, 0.3) is 0 Å². The summed E-state index contributed by atoms with van der Waals surface area (Å²) >= 11 is 0. The van der Waals surface area contributed by atoms with E-state index in [1.165, 1.54) is 0 Å². The maximum Gasteiger partial charge on any atom is 0.315 e. The molecule has 6 heteroatoms. The van der Waals surface area contributed by atoms with Crippen molar-refractivity contribution >= 4 is 12.4 Å². The molecule has 0 bridgehead atoms. The summed E-state index contributed by atoms with van der Waals surface area (Å²) in [5.41, 5.74) is 1.57. The Bertz CT molecular complexity index is 782. The highest BCUT2D eigenvalue weighted by atomic mass is 16.8. The largest absolute Gasteiger partial charge is 0.425 e. The van der Waals surface area contributed by atoms with Crippen LogP contribution in [0.15, 0.2) is 24.3 Å². The van der Waals surface area contributed by atoms with Crippen LogP contribution in [0.4, 0.5) is 0 Å². The smallest absolute Gasteiger partial charge is 0.315 e. The van der Waals surface area contributed by atoms with Gasteiger partial charge in [0.05, 0.1) is 5.41 Å². The fourth-order valence-corrected chi connectivity index (χ4v) is 5.00. The van der Waals surface area contributed by atoms with Crippen LogP contribution in [0.5, 0.6) is 0 Å². The minimum Gasteiger partial charge on any atom is -0.425 e. The van der Waals surface area contributed by atoms with Crippen molar-refractivity contribution in [2.75, 3.05) is 6.79 Å². The number of hydrogen-bond donors (Lipinski definition) is 0. The van der Waals surface area contributed by atoms with Gasteiger partial charge in [0.1, 0.15) is 0 Å². The van der Waals surface area contributed by atoms with Crippen LogP contribution in [0.1, 0.15) is 84.6 Å². The molecule has 1 unspecified atom stereocenters. The number of esters is 1. The van der Waals surface area contributed by atoms with Gasteiger partial charge < -0.3 is 18.9 Å². The van der Waals surface area contributed by atoms with Gasteiger partial charge in [0.15, 0.2) is 13.1 Å². The third-order valence-electron chi connectivity index (χ3n) is 7.25. The number of carbonyl (C=O) groups is 2. The minimum atomic E-state index is -1.30. The molecule has 0 amide bonds. The molecule has 1 aliphatic heterocycles. The van der Waals surface area contributed by atoms with Gasteiger partial charge in [-0.25, -0.2) is 0 Å². The molecule has 1 aliphatic carbocycles. The van der Waals surface area contributed by atoms with Crippen LogP contribution in [-0.2, 0) is 35.0 Å². The summed E-state index contributed by atoms with van der Waals surface area (Å²) < 4.78 is 21.5. The Morgan fingerprint density at radius 2 is 1.53 bits per heavy atom. The molecule has 0 radical (unpaired) electrons. The van der Waals surface area contributed by atoms with Crippen LogP contribution in [-0.4, -0.2) is 25.0 Å². The van der Waals surface area contributed by atoms with Crippen LogP contribution in [0, 0.1) is 22.7 Å². The van der Waals surface area contributed by atoms with E-state index in [2.05, 4.69) is 20.8 Å². The average Bonchev–Trinajstić information content (AvgIpc) is 2.67. The van der Waals surface area contributed by atoms with Crippen molar-refractivity contribution in [2.24, 2.45) is 22.7 Å². The van der Waals surface area contributed by atoms with Gasteiger partial charge in [0.2, 0.25) is 0 Å². The third-order valence-corrected chi connectivity index (χ3v) is 7.25. The number of ether oxygens (including phenoxy) is 4. The van der Waals surface area contributed by atoms with Crippen LogP contribution >= 0.6 is 0 Å². The Morgan fingerprint density at radius 1 is 0.969 bits per heavy atom. The number of hydrogen-bond acceptors (Lipinski definition) is 6. The van der Waals surface area contributed by atoms with Crippen LogP contribution < -0.4 is 0 Å². The van der Waals surface area contributed by atoms with E-state index in [1.54, 1.807) is 13.8 Å². The molecule has 6 nitrogen and oxygen atoms in total. The first-order chi connectivity index (χ1) is 14.9. The molecule has 1 saturated carbocycles. The normalized spacial score (nSPS) is 24.2. The molecule has 178 valence electrons. The quantitative estimate of drug-likeness (QED) is 0.296. The van der Waals surface area contributed by atoms with Crippen LogP contribution in [0.3, 0.4) is 0 Å². The fraction of sp³-hybridized carbons (Fsp3) is 0.692. The van der Waals surface area contributed by atoms with E-state index >= 15 is 0 Å². The molecule has 0 spiro atoms. The number of carbonyl (C=O) groups excluding carboxylic acids is 2. The van der Waals surface area contributed by atoms with E-state index in [9.17, 15) is 9.59 Å². The molecule has 0 aromatic heterocycles. The number of rotatable bonds is 8. The van der Waals surface area contributed by atoms with E-state index in [1.807, 2.05) is 31.2 Å². The maximum atomic E-state index is 13.5.